The molecule has 0 bridgehead atoms. The summed E-state index contributed by atoms with van der Waals surface area (Å²) < 4.78 is 0. The number of amides is 2. The van der Waals surface area contributed by atoms with Gasteiger partial charge in [-0.05, 0) is 72.7 Å². The van der Waals surface area contributed by atoms with Gasteiger partial charge in [0.15, 0.2) is 0 Å². The van der Waals surface area contributed by atoms with Gasteiger partial charge in [-0.3, -0.25) is 9.59 Å². The third-order valence-corrected chi connectivity index (χ3v) is 6.61. The van der Waals surface area contributed by atoms with Crippen molar-refractivity contribution in [2.24, 2.45) is 5.73 Å². The highest BCUT2D eigenvalue weighted by molar-refractivity contribution is 8.00. The van der Waals surface area contributed by atoms with E-state index in [1.54, 1.807) is 0 Å². The second kappa shape index (κ2) is 7.95. The number of thioether (sulfide) groups is 1. The number of carbonyl (C=O) groups is 2. The van der Waals surface area contributed by atoms with Crippen LogP contribution in [0.15, 0.2) is 47.5 Å². The Labute approximate surface area is 180 Å². The van der Waals surface area contributed by atoms with Crippen molar-refractivity contribution in [3.8, 4) is 11.1 Å². The molecule has 1 aromatic heterocycles. The van der Waals surface area contributed by atoms with Gasteiger partial charge in [-0.15, -0.1) is 0 Å². The van der Waals surface area contributed by atoms with Crippen LogP contribution in [0.5, 0.6) is 0 Å². The number of hydrogen-bond acceptors (Lipinski definition) is 4. The standard InChI is InChI=1S/C24H23N3O2S/c1-13-14(2)22(23(25)29)24(26-15(13)3)30-12-21(28)27-18-9-8-17-10-16-6-4-5-7-19(16)20(17)11-18/h4-9,11H,10,12H2,1-3H3,(H2,25,29)(H,27,28). The van der Waals surface area contributed by atoms with E-state index >= 15 is 0 Å². The fourth-order valence-electron chi connectivity index (χ4n) is 3.84. The molecule has 30 heavy (non-hydrogen) atoms. The largest absolute Gasteiger partial charge is 0.366 e. The number of nitrogens with two attached hydrogens (primary N) is 1. The van der Waals surface area contributed by atoms with E-state index in [0.717, 1.165) is 28.9 Å². The quantitative estimate of drug-likeness (QED) is 0.471. The van der Waals surface area contributed by atoms with E-state index in [9.17, 15) is 9.59 Å². The molecule has 152 valence electrons. The number of pyridine rings is 1. The number of hydrogen-bond donors (Lipinski definition) is 2. The Morgan fingerprint density at radius 2 is 1.77 bits per heavy atom. The molecule has 0 fully saturated rings. The molecule has 0 unspecified atom stereocenters. The van der Waals surface area contributed by atoms with E-state index in [2.05, 4.69) is 28.5 Å². The Kier molecular flexibility index (Phi) is 5.35. The molecule has 0 saturated carbocycles. The average Bonchev–Trinajstić information content (AvgIpc) is 3.08. The van der Waals surface area contributed by atoms with Crippen LogP contribution in [0.1, 0.15) is 38.3 Å². The second-order valence-electron chi connectivity index (χ2n) is 7.53. The SMILES string of the molecule is Cc1nc(SCC(=O)Nc2ccc3c(c2)-c2ccccc2C3)c(C(N)=O)c(C)c1C. The van der Waals surface area contributed by atoms with Crippen molar-refractivity contribution in [1.29, 1.82) is 0 Å². The van der Waals surface area contributed by atoms with Gasteiger partial charge in [-0.2, -0.15) is 0 Å². The average molecular weight is 418 g/mol. The Bertz CT molecular complexity index is 1190. The number of carbonyl (C=O) groups excluding carboxylic acids is 2. The Balaban J connectivity index is 1.49. The molecule has 4 rings (SSSR count). The highest BCUT2D eigenvalue weighted by atomic mass is 32.2. The summed E-state index contributed by atoms with van der Waals surface area (Å²) in [5.41, 5.74) is 14.3. The maximum atomic E-state index is 12.6. The lowest BCUT2D eigenvalue weighted by molar-refractivity contribution is -0.113. The molecule has 0 spiro atoms. The Hall–Kier alpha value is -3.12. The van der Waals surface area contributed by atoms with Gasteiger partial charge in [0.2, 0.25) is 5.91 Å². The summed E-state index contributed by atoms with van der Waals surface area (Å²) in [6, 6.07) is 14.4. The minimum atomic E-state index is -0.525. The fraction of sp³-hybridized carbons (Fsp3) is 0.208. The molecule has 6 heteroatoms. The molecule has 2 aromatic carbocycles. The highest BCUT2D eigenvalue weighted by Crippen LogP contribution is 2.37. The molecule has 3 aromatic rings. The van der Waals surface area contributed by atoms with Crippen molar-refractivity contribution in [2.45, 2.75) is 32.2 Å². The van der Waals surface area contributed by atoms with Crippen LogP contribution in [-0.2, 0) is 11.2 Å². The zero-order valence-electron chi connectivity index (χ0n) is 17.2. The second-order valence-corrected chi connectivity index (χ2v) is 8.50. The van der Waals surface area contributed by atoms with E-state index in [-0.39, 0.29) is 11.7 Å². The van der Waals surface area contributed by atoms with Gasteiger partial charge in [0.05, 0.1) is 11.3 Å². The summed E-state index contributed by atoms with van der Waals surface area (Å²) in [5.74, 6) is -0.536. The van der Waals surface area contributed by atoms with Gasteiger partial charge in [-0.1, -0.05) is 42.1 Å². The van der Waals surface area contributed by atoms with Crippen LogP contribution < -0.4 is 11.1 Å². The number of nitrogens with zero attached hydrogens (tertiary/aromatic N) is 1. The lowest BCUT2D eigenvalue weighted by Crippen LogP contribution is -2.18. The van der Waals surface area contributed by atoms with E-state index in [1.165, 1.54) is 34.0 Å². The van der Waals surface area contributed by atoms with E-state index in [0.29, 0.717) is 10.6 Å². The van der Waals surface area contributed by atoms with Gasteiger partial charge < -0.3 is 11.1 Å². The van der Waals surface area contributed by atoms with Crippen molar-refractivity contribution in [3.63, 3.8) is 0 Å². The monoisotopic (exact) mass is 417 g/mol. The molecule has 0 saturated heterocycles. The number of aryl methyl sites for hydroxylation is 1. The summed E-state index contributed by atoms with van der Waals surface area (Å²) >= 11 is 1.23. The predicted octanol–water partition coefficient (Wildman–Crippen LogP) is 4.41. The molecule has 5 nitrogen and oxygen atoms in total. The molecule has 0 aliphatic heterocycles. The lowest BCUT2D eigenvalue weighted by atomic mass is 10.0. The summed E-state index contributed by atoms with van der Waals surface area (Å²) in [5, 5.41) is 3.46. The molecule has 0 radical (unpaired) electrons. The normalized spacial score (nSPS) is 11.7. The van der Waals surface area contributed by atoms with E-state index in [1.807, 2.05) is 45.0 Å². The molecular formula is C24H23N3O2S. The first-order valence-electron chi connectivity index (χ1n) is 9.76. The first kappa shape index (κ1) is 20.2. The van der Waals surface area contributed by atoms with E-state index in [4.69, 9.17) is 5.73 Å². The number of primary amides is 1. The fourth-order valence-corrected chi connectivity index (χ4v) is 4.78. The summed E-state index contributed by atoms with van der Waals surface area (Å²) in [6.07, 6.45) is 0.920. The van der Waals surface area contributed by atoms with Gasteiger partial charge >= 0.3 is 0 Å². The Morgan fingerprint density at radius 3 is 2.53 bits per heavy atom. The van der Waals surface area contributed by atoms with Gasteiger partial charge in [0.1, 0.15) is 5.03 Å². The first-order chi connectivity index (χ1) is 14.3. The molecule has 1 aliphatic carbocycles. The molecule has 1 aliphatic rings. The first-order valence-corrected chi connectivity index (χ1v) is 10.7. The number of nitrogens with one attached hydrogen (secondary N) is 1. The minimum absolute atomic E-state index is 0.142. The third-order valence-electron chi connectivity index (χ3n) is 5.63. The molecular weight excluding hydrogens is 394 g/mol. The maximum absolute atomic E-state index is 12.6. The van der Waals surface area contributed by atoms with E-state index < -0.39 is 5.91 Å². The van der Waals surface area contributed by atoms with Crippen molar-refractivity contribution in [2.75, 3.05) is 11.1 Å². The molecule has 0 atom stereocenters. The lowest BCUT2D eigenvalue weighted by Gasteiger charge is -2.13. The van der Waals surface area contributed by atoms with Crippen LogP contribution in [0.4, 0.5) is 5.69 Å². The highest BCUT2D eigenvalue weighted by Gasteiger charge is 2.20. The summed E-state index contributed by atoms with van der Waals surface area (Å²) in [6.45, 7) is 5.66. The number of benzene rings is 2. The third kappa shape index (κ3) is 3.71. The van der Waals surface area contributed by atoms with Crippen molar-refractivity contribution >= 4 is 29.3 Å². The van der Waals surface area contributed by atoms with Crippen LogP contribution >= 0.6 is 11.8 Å². The number of fused-ring (bicyclic) bond motifs is 3. The van der Waals surface area contributed by atoms with Gasteiger partial charge in [0.25, 0.3) is 5.91 Å². The Morgan fingerprint density at radius 1 is 1.03 bits per heavy atom. The molecule has 2 amide bonds. The van der Waals surface area contributed by atoms with Crippen molar-refractivity contribution in [1.82, 2.24) is 4.98 Å². The van der Waals surface area contributed by atoms with Crippen LogP contribution in [0.2, 0.25) is 0 Å². The molecule has 1 heterocycles. The van der Waals surface area contributed by atoms with Crippen LogP contribution in [-0.4, -0.2) is 22.6 Å². The van der Waals surface area contributed by atoms with Crippen LogP contribution in [0.3, 0.4) is 0 Å². The predicted molar refractivity (Wildman–Crippen MR) is 121 cm³/mol. The number of anilines is 1. The smallest absolute Gasteiger partial charge is 0.251 e. The minimum Gasteiger partial charge on any atom is -0.366 e. The van der Waals surface area contributed by atoms with Crippen LogP contribution in [0.25, 0.3) is 11.1 Å². The van der Waals surface area contributed by atoms with Crippen LogP contribution in [0, 0.1) is 20.8 Å². The van der Waals surface area contributed by atoms with Gasteiger partial charge in [0, 0.05) is 11.4 Å². The number of rotatable bonds is 5. The summed E-state index contributed by atoms with van der Waals surface area (Å²) in [4.78, 5) is 29.0. The zero-order chi connectivity index (χ0) is 21.4. The van der Waals surface area contributed by atoms with Crippen molar-refractivity contribution in [3.05, 3.63) is 76.0 Å². The topological polar surface area (TPSA) is 85.1 Å². The summed E-state index contributed by atoms with van der Waals surface area (Å²) in [7, 11) is 0. The maximum Gasteiger partial charge on any atom is 0.251 e. The molecule has 3 N–H and O–H groups in total. The zero-order valence-corrected chi connectivity index (χ0v) is 18.0. The van der Waals surface area contributed by atoms with Gasteiger partial charge in [-0.25, -0.2) is 4.98 Å². The van der Waals surface area contributed by atoms with Crippen molar-refractivity contribution < 1.29 is 9.59 Å². The number of aromatic nitrogens is 1.